The molecule has 2 aliphatic rings. The highest BCUT2D eigenvalue weighted by Gasteiger charge is 2.24. The van der Waals surface area contributed by atoms with Gasteiger partial charge in [0.1, 0.15) is 12.9 Å². The zero-order valence-electron chi connectivity index (χ0n) is 18.9. The standard InChI is InChI=1S/C23H34N6O2.HI/c1-2-24-23(25-16-22-27-26-18-29(22)19-8-4-3-5-9-19)28-13-11-20(12-14-28)31-17-21-10-6-7-15-30-21;/h3-5,8-9,18,20-21H,2,6-7,10-17H2,1H3,(H,24,25);1H. The number of nitrogens with one attached hydrogen (secondary N) is 1. The van der Waals surface area contributed by atoms with Gasteiger partial charge < -0.3 is 19.7 Å². The van der Waals surface area contributed by atoms with Crippen molar-refractivity contribution in [2.75, 3.05) is 32.8 Å². The van der Waals surface area contributed by atoms with E-state index in [9.17, 15) is 0 Å². The van der Waals surface area contributed by atoms with E-state index in [1.54, 1.807) is 6.33 Å². The summed E-state index contributed by atoms with van der Waals surface area (Å²) in [6, 6.07) is 10.1. The lowest BCUT2D eigenvalue weighted by Gasteiger charge is -2.35. The van der Waals surface area contributed by atoms with Crippen LogP contribution in [0.2, 0.25) is 0 Å². The van der Waals surface area contributed by atoms with Crippen molar-refractivity contribution in [1.29, 1.82) is 0 Å². The normalized spacial score (nSPS) is 20.1. The monoisotopic (exact) mass is 554 g/mol. The van der Waals surface area contributed by atoms with Crippen LogP contribution in [0.5, 0.6) is 0 Å². The molecule has 1 aromatic heterocycles. The number of ether oxygens (including phenoxy) is 2. The van der Waals surface area contributed by atoms with Crippen molar-refractivity contribution >= 4 is 29.9 Å². The lowest BCUT2D eigenvalue weighted by atomic mass is 10.1. The SMILES string of the molecule is CCNC(=NCc1nncn1-c1ccccc1)N1CCC(OCC2CCCCO2)CC1.I. The van der Waals surface area contributed by atoms with Gasteiger partial charge in [-0.05, 0) is 51.2 Å². The first kappa shape index (κ1) is 24.9. The molecule has 3 heterocycles. The Kier molecular flexibility index (Phi) is 10.2. The van der Waals surface area contributed by atoms with Crippen molar-refractivity contribution in [3.8, 4) is 5.69 Å². The minimum absolute atomic E-state index is 0. The van der Waals surface area contributed by atoms with E-state index in [1.165, 1.54) is 12.8 Å². The molecule has 2 aromatic rings. The van der Waals surface area contributed by atoms with Crippen molar-refractivity contribution in [3.63, 3.8) is 0 Å². The predicted molar refractivity (Wildman–Crippen MR) is 136 cm³/mol. The lowest BCUT2D eigenvalue weighted by molar-refractivity contribution is -0.0721. The van der Waals surface area contributed by atoms with Gasteiger partial charge in [-0.1, -0.05) is 18.2 Å². The Labute approximate surface area is 207 Å². The molecule has 4 rings (SSSR count). The summed E-state index contributed by atoms with van der Waals surface area (Å²) < 4.78 is 13.9. The van der Waals surface area contributed by atoms with Crippen molar-refractivity contribution in [1.82, 2.24) is 25.0 Å². The average Bonchev–Trinajstić information content (AvgIpc) is 3.31. The number of likely N-dealkylation sites (tertiary alicyclic amines) is 1. The largest absolute Gasteiger partial charge is 0.376 e. The zero-order chi connectivity index (χ0) is 21.3. The molecule has 0 spiro atoms. The van der Waals surface area contributed by atoms with Crippen molar-refractivity contribution in [2.45, 2.75) is 57.8 Å². The molecule has 2 aliphatic heterocycles. The number of hydrogen-bond acceptors (Lipinski definition) is 5. The van der Waals surface area contributed by atoms with Gasteiger partial charge in [-0.15, -0.1) is 34.2 Å². The quantitative estimate of drug-likeness (QED) is 0.321. The van der Waals surface area contributed by atoms with Crippen LogP contribution >= 0.6 is 24.0 Å². The number of aliphatic imine (C=N–C) groups is 1. The Morgan fingerprint density at radius 1 is 1.19 bits per heavy atom. The third-order valence-electron chi connectivity index (χ3n) is 5.89. The Morgan fingerprint density at radius 2 is 2.00 bits per heavy atom. The first-order chi connectivity index (χ1) is 15.3. The molecule has 9 heteroatoms. The number of piperidine rings is 1. The molecule has 0 aliphatic carbocycles. The van der Waals surface area contributed by atoms with E-state index in [-0.39, 0.29) is 30.1 Å². The van der Waals surface area contributed by atoms with Gasteiger partial charge in [-0.3, -0.25) is 4.57 Å². The Morgan fingerprint density at radius 3 is 2.72 bits per heavy atom. The molecule has 1 unspecified atom stereocenters. The molecule has 176 valence electrons. The number of hydrogen-bond donors (Lipinski definition) is 1. The van der Waals surface area contributed by atoms with Gasteiger partial charge in [0.05, 0.1) is 18.8 Å². The molecular weight excluding hydrogens is 519 g/mol. The fourth-order valence-electron chi connectivity index (χ4n) is 4.16. The number of benzene rings is 1. The van der Waals surface area contributed by atoms with Gasteiger partial charge in [-0.2, -0.15) is 0 Å². The Hall–Kier alpha value is -1.72. The maximum atomic E-state index is 6.16. The van der Waals surface area contributed by atoms with E-state index < -0.39 is 0 Å². The second kappa shape index (κ2) is 13.1. The molecule has 0 bridgehead atoms. The van der Waals surface area contributed by atoms with E-state index in [2.05, 4.69) is 27.3 Å². The molecule has 0 amide bonds. The van der Waals surface area contributed by atoms with Crippen LogP contribution in [0.15, 0.2) is 41.7 Å². The topological polar surface area (TPSA) is 76.8 Å². The van der Waals surface area contributed by atoms with Crippen LogP contribution in [0.3, 0.4) is 0 Å². The Balaban J connectivity index is 0.00000289. The van der Waals surface area contributed by atoms with Crippen LogP contribution in [-0.2, 0) is 16.0 Å². The van der Waals surface area contributed by atoms with Crippen molar-refractivity contribution in [3.05, 3.63) is 42.5 Å². The fraction of sp³-hybridized carbons (Fsp3) is 0.609. The summed E-state index contributed by atoms with van der Waals surface area (Å²) in [7, 11) is 0. The highest BCUT2D eigenvalue weighted by atomic mass is 127. The lowest BCUT2D eigenvalue weighted by Crippen LogP contribution is -2.47. The van der Waals surface area contributed by atoms with Crippen molar-refractivity contribution in [2.24, 2.45) is 4.99 Å². The highest BCUT2D eigenvalue weighted by molar-refractivity contribution is 14.0. The highest BCUT2D eigenvalue weighted by Crippen LogP contribution is 2.18. The molecule has 1 atom stereocenters. The van der Waals surface area contributed by atoms with Gasteiger partial charge in [-0.25, -0.2) is 4.99 Å². The van der Waals surface area contributed by atoms with Gasteiger partial charge in [0.2, 0.25) is 0 Å². The third-order valence-corrected chi connectivity index (χ3v) is 5.89. The predicted octanol–water partition coefficient (Wildman–Crippen LogP) is 3.40. The number of guanidine groups is 1. The summed E-state index contributed by atoms with van der Waals surface area (Å²) >= 11 is 0. The van der Waals surface area contributed by atoms with Crippen molar-refractivity contribution < 1.29 is 9.47 Å². The molecular formula is C23H35IN6O2. The molecule has 32 heavy (non-hydrogen) atoms. The van der Waals surface area contributed by atoms with E-state index in [0.717, 1.165) is 69.6 Å². The van der Waals surface area contributed by atoms with Crippen LogP contribution < -0.4 is 5.32 Å². The number of rotatable bonds is 7. The summed E-state index contributed by atoms with van der Waals surface area (Å²) in [4.78, 5) is 7.18. The molecule has 1 N–H and O–H groups in total. The van der Waals surface area contributed by atoms with Gasteiger partial charge >= 0.3 is 0 Å². The molecule has 2 saturated heterocycles. The van der Waals surface area contributed by atoms with Crippen LogP contribution in [0.1, 0.15) is 44.9 Å². The summed E-state index contributed by atoms with van der Waals surface area (Å²) in [6.45, 7) is 6.90. The van der Waals surface area contributed by atoms with Crippen LogP contribution in [0, 0.1) is 0 Å². The average molecular weight is 554 g/mol. The number of para-hydroxylation sites is 1. The number of aromatic nitrogens is 3. The molecule has 1 aromatic carbocycles. The first-order valence-electron chi connectivity index (χ1n) is 11.5. The maximum absolute atomic E-state index is 6.16. The molecule has 2 fully saturated rings. The number of nitrogens with zero attached hydrogens (tertiary/aromatic N) is 5. The third kappa shape index (κ3) is 6.89. The summed E-state index contributed by atoms with van der Waals surface area (Å²) in [5, 5.41) is 11.8. The zero-order valence-corrected chi connectivity index (χ0v) is 21.2. The van der Waals surface area contributed by atoms with Gasteiger partial charge in [0.25, 0.3) is 0 Å². The van der Waals surface area contributed by atoms with E-state index >= 15 is 0 Å². The number of halogens is 1. The van der Waals surface area contributed by atoms with Crippen LogP contribution in [0.25, 0.3) is 5.69 Å². The van der Waals surface area contributed by atoms with E-state index in [0.29, 0.717) is 12.6 Å². The summed E-state index contributed by atoms with van der Waals surface area (Å²) in [5.41, 5.74) is 1.04. The van der Waals surface area contributed by atoms with E-state index in [4.69, 9.17) is 14.5 Å². The van der Waals surface area contributed by atoms with Crippen LogP contribution in [0.4, 0.5) is 0 Å². The second-order valence-electron chi connectivity index (χ2n) is 8.13. The summed E-state index contributed by atoms with van der Waals surface area (Å²) in [6.07, 6.45) is 7.93. The van der Waals surface area contributed by atoms with Crippen LogP contribution in [-0.4, -0.2) is 70.7 Å². The molecule has 0 radical (unpaired) electrons. The van der Waals surface area contributed by atoms with Gasteiger partial charge in [0.15, 0.2) is 11.8 Å². The first-order valence-corrected chi connectivity index (χ1v) is 11.5. The smallest absolute Gasteiger partial charge is 0.194 e. The van der Waals surface area contributed by atoms with E-state index in [1.807, 2.05) is 34.9 Å². The minimum Gasteiger partial charge on any atom is -0.376 e. The molecule has 0 saturated carbocycles. The Bertz CT molecular complexity index is 817. The second-order valence-corrected chi connectivity index (χ2v) is 8.13. The fourth-order valence-corrected chi connectivity index (χ4v) is 4.16. The summed E-state index contributed by atoms with van der Waals surface area (Å²) in [5.74, 6) is 1.76. The minimum atomic E-state index is 0. The maximum Gasteiger partial charge on any atom is 0.194 e. The molecule has 8 nitrogen and oxygen atoms in total. The van der Waals surface area contributed by atoms with Gasteiger partial charge in [0, 0.05) is 31.9 Å².